The fourth-order valence-electron chi connectivity index (χ4n) is 0.150. The van der Waals surface area contributed by atoms with Crippen LogP contribution >= 0.6 is 0 Å². The summed E-state index contributed by atoms with van der Waals surface area (Å²) in [6.45, 7) is 1.06. The van der Waals surface area contributed by atoms with Gasteiger partial charge in [-0.05, 0) is 0 Å². The summed E-state index contributed by atoms with van der Waals surface area (Å²) in [7, 11) is -11.0. The number of hydrogen-bond donors (Lipinski definition) is 6. The molecule has 0 aliphatic carbocycles. The van der Waals surface area contributed by atoms with Gasteiger partial charge in [-0.15, -0.1) is 0 Å². The summed E-state index contributed by atoms with van der Waals surface area (Å²) in [6, 6.07) is 0. The van der Waals surface area contributed by atoms with E-state index >= 15 is 0 Å². The second-order valence-corrected chi connectivity index (χ2v) is 8.88. The molecule has 0 aromatic heterocycles. The molecule has 0 aromatic rings. The Bertz CT molecular complexity index is 466. The van der Waals surface area contributed by atoms with Gasteiger partial charge >= 0.3 is 0 Å². The molecule has 0 aliphatic heterocycles. The van der Waals surface area contributed by atoms with Gasteiger partial charge in [0.2, 0.25) is 0 Å². The maximum atomic E-state index is 9.19. The van der Waals surface area contributed by atoms with Crippen LogP contribution in [0.1, 0.15) is 6.92 Å². The highest BCUT2D eigenvalue weighted by atomic mass is 32.2. The second kappa shape index (κ2) is 13.0. The average molecular weight is 408 g/mol. The average Bonchev–Trinajstić information content (AvgIpc) is 2.21. The summed E-state index contributed by atoms with van der Waals surface area (Å²) >= 11 is 0. The van der Waals surface area contributed by atoms with Gasteiger partial charge in [-0.25, -0.2) is 0 Å². The predicted octanol–water partition coefficient (Wildman–Crippen LogP) is -2.52. The molecule has 23 heavy (non-hydrogen) atoms. The largest absolute Gasteiger partial charge is 0.396 e. The summed E-state index contributed by atoms with van der Waals surface area (Å²) in [5.74, 6) is 0. The minimum absolute atomic E-state index is 0.181. The SMILES string of the molecule is CC(CO)(CO)CO.CS(=O)(=O)O.CS(=O)(=O)O.CS(=O)(=O)O. The van der Waals surface area contributed by atoms with E-state index in [-0.39, 0.29) is 19.8 Å². The lowest BCUT2D eigenvalue weighted by Gasteiger charge is -2.20. The maximum Gasteiger partial charge on any atom is 0.261 e. The van der Waals surface area contributed by atoms with Crippen LogP contribution in [0.4, 0.5) is 0 Å². The second-order valence-electron chi connectivity index (χ2n) is 4.48. The van der Waals surface area contributed by atoms with Crippen LogP contribution < -0.4 is 0 Å². The first-order chi connectivity index (χ1) is 9.68. The Labute approximate surface area is 136 Å². The van der Waals surface area contributed by atoms with E-state index in [0.29, 0.717) is 18.8 Å². The summed E-state index contributed by atoms with van der Waals surface area (Å²) in [5.41, 5.74) is -0.708. The molecule has 0 aromatic carbocycles. The monoisotopic (exact) mass is 408 g/mol. The van der Waals surface area contributed by atoms with Crippen molar-refractivity contribution in [2.75, 3.05) is 38.6 Å². The van der Waals surface area contributed by atoms with Crippen LogP contribution in [0.15, 0.2) is 0 Å². The van der Waals surface area contributed by atoms with Crippen molar-refractivity contribution in [2.24, 2.45) is 5.41 Å². The lowest BCUT2D eigenvalue weighted by Crippen LogP contribution is -2.29. The Balaban J connectivity index is -0.000000108. The Morgan fingerprint density at radius 3 is 0.696 bits per heavy atom. The van der Waals surface area contributed by atoms with E-state index in [4.69, 9.17) is 29.0 Å². The quantitative estimate of drug-likeness (QED) is 0.266. The summed E-state index contributed by atoms with van der Waals surface area (Å²) in [4.78, 5) is 0. The van der Waals surface area contributed by atoms with Gasteiger partial charge in [-0.1, -0.05) is 6.92 Å². The first kappa shape index (κ1) is 30.5. The van der Waals surface area contributed by atoms with Crippen molar-refractivity contribution < 1.29 is 54.2 Å². The van der Waals surface area contributed by atoms with Crippen LogP contribution in [-0.4, -0.2) is 92.8 Å². The number of hydrogen-bond acceptors (Lipinski definition) is 9. The zero-order chi connectivity index (χ0) is 20.1. The maximum absolute atomic E-state index is 9.19. The molecule has 0 amide bonds. The lowest BCUT2D eigenvalue weighted by atomic mass is 9.95. The van der Waals surface area contributed by atoms with Gasteiger partial charge in [0.15, 0.2) is 0 Å². The van der Waals surface area contributed by atoms with Gasteiger partial charge in [0.05, 0.1) is 38.6 Å². The van der Waals surface area contributed by atoms with Crippen molar-refractivity contribution in [3.05, 3.63) is 0 Å². The summed E-state index contributed by atoms with van der Waals surface area (Å²) in [5, 5.41) is 25.4. The molecular weight excluding hydrogens is 384 g/mol. The van der Waals surface area contributed by atoms with E-state index < -0.39 is 35.8 Å². The molecule has 6 N–H and O–H groups in total. The normalized spacial score (nSPS) is 11.7. The van der Waals surface area contributed by atoms with Crippen molar-refractivity contribution in [3.8, 4) is 0 Å². The molecule has 0 bridgehead atoms. The molecule has 0 radical (unpaired) electrons. The van der Waals surface area contributed by atoms with Gasteiger partial charge in [-0.3, -0.25) is 13.7 Å². The fourth-order valence-corrected chi connectivity index (χ4v) is 0.150. The molecule has 0 fully saturated rings. The van der Waals surface area contributed by atoms with E-state index in [1.165, 1.54) is 0 Å². The van der Waals surface area contributed by atoms with Crippen molar-refractivity contribution in [1.82, 2.24) is 0 Å². The molecule has 0 saturated heterocycles. The van der Waals surface area contributed by atoms with Gasteiger partial charge in [0.1, 0.15) is 0 Å². The molecule has 12 nitrogen and oxygen atoms in total. The van der Waals surface area contributed by atoms with Crippen molar-refractivity contribution >= 4 is 30.4 Å². The first-order valence-corrected chi connectivity index (χ1v) is 10.8. The molecule has 0 unspecified atom stereocenters. The Morgan fingerprint density at radius 1 is 0.609 bits per heavy atom. The Hall–Kier alpha value is -0.390. The number of aliphatic hydroxyl groups excluding tert-OH is 3. The van der Waals surface area contributed by atoms with Crippen LogP contribution in [0, 0.1) is 5.41 Å². The van der Waals surface area contributed by atoms with E-state index in [1.54, 1.807) is 6.92 Å². The van der Waals surface area contributed by atoms with Crippen LogP contribution in [-0.2, 0) is 30.4 Å². The van der Waals surface area contributed by atoms with Crippen molar-refractivity contribution in [1.29, 1.82) is 0 Å². The molecular formula is C8H24O12S3. The fraction of sp³-hybridized carbons (Fsp3) is 1.00. The standard InChI is InChI=1S/C5H12O3.3CH4O3S/c1-5(2-6,3-7)4-8;3*1-5(2,3)4/h6-8H,2-4H2,1H3;3*1H3,(H,2,3,4). The summed E-state index contributed by atoms with van der Waals surface area (Å²) < 4.78 is 77.6. The van der Waals surface area contributed by atoms with E-state index in [9.17, 15) is 25.3 Å². The topological polar surface area (TPSA) is 224 Å². The van der Waals surface area contributed by atoms with Crippen molar-refractivity contribution in [3.63, 3.8) is 0 Å². The third-order valence-corrected chi connectivity index (χ3v) is 1.15. The molecule has 0 spiro atoms. The minimum atomic E-state index is -3.67. The predicted molar refractivity (Wildman–Crippen MR) is 81.8 cm³/mol. The summed E-state index contributed by atoms with van der Waals surface area (Å²) in [6.07, 6.45) is 2.15. The van der Waals surface area contributed by atoms with Gasteiger partial charge in [0, 0.05) is 5.41 Å². The van der Waals surface area contributed by atoms with E-state index in [2.05, 4.69) is 0 Å². The molecule has 0 heterocycles. The highest BCUT2D eigenvalue weighted by molar-refractivity contribution is 7.85. The molecule has 0 aliphatic rings. The number of aliphatic hydroxyl groups is 3. The molecule has 15 heteroatoms. The number of rotatable bonds is 3. The van der Waals surface area contributed by atoms with Crippen LogP contribution in [0.25, 0.3) is 0 Å². The van der Waals surface area contributed by atoms with Crippen LogP contribution in [0.5, 0.6) is 0 Å². The van der Waals surface area contributed by atoms with Crippen LogP contribution in [0.3, 0.4) is 0 Å². The van der Waals surface area contributed by atoms with Crippen LogP contribution in [0.2, 0.25) is 0 Å². The van der Waals surface area contributed by atoms with Gasteiger partial charge in [0.25, 0.3) is 30.4 Å². The molecule has 146 valence electrons. The third-order valence-electron chi connectivity index (χ3n) is 1.15. The highest BCUT2D eigenvalue weighted by Crippen LogP contribution is 2.10. The van der Waals surface area contributed by atoms with Crippen molar-refractivity contribution in [2.45, 2.75) is 6.92 Å². The van der Waals surface area contributed by atoms with E-state index in [0.717, 1.165) is 0 Å². The smallest absolute Gasteiger partial charge is 0.261 e. The molecule has 0 atom stereocenters. The van der Waals surface area contributed by atoms with Gasteiger partial charge < -0.3 is 15.3 Å². The zero-order valence-corrected chi connectivity index (χ0v) is 15.4. The Morgan fingerprint density at radius 2 is 0.696 bits per heavy atom. The lowest BCUT2D eigenvalue weighted by molar-refractivity contribution is 0.0200. The first-order valence-electron chi connectivity index (χ1n) is 5.28. The minimum Gasteiger partial charge on any atom is -0.396 e. The molecule has 0 saturated carbocycles. The molecule has 0 rings (SSSR count). The third kappa shape index (κ3) is 112. The van der Waals surface area contributed by atoms with Gasteiger partial charge in [-0.2, -0.15) is 25.3 Å². The highest BCUT2D eigenvalue weighted by Gasteiger charge is 2.20. The Kier molecular flexibility index (Phi) is 17.2. The van der Waals surface area contributed by atoms with E-state index in [1.807, 2.05) is 0 Å². The zero-order valence-electron chi connectivity index (χ0n) is 13.0.